The maximum atomic E-state index is 13.3. The molecule has 0 unspecified atom stereocenters. The summed E-state index contributed by atoms with van der Waals surface area (Å²) in [6.07, 6.45) is 0.124. The highest BCUT2D eigenvalue weighted by Gasteiger charge is 2.45. The summed E-state index contributed by atoms with van der Waals surface area (Å²) in [6, 6.07) is 9.68. The molecule has 3 aromatic rings. The molecule has 4 heterocycles. The van der Waals surface area contributed by atoms with Gasteiger partial charge in [0.05, 0.1) is 29.0 Å². The van der Waals surface area contributed by atoms with Crippen LogP contribution in [0, 0.1) is 11.5 Å². The van der Waals surface area contributed by atoms with Crippen LogP contribution in [0.3, 0.4) is 0 Å². The number of aliphatic hydroxyl groups is 1. The number of pyridine rings is 2. The van der Waals surface area contributed by atoms with Gasteiger partial charge in [0, 0.05) is 22.1 Å². The Morgan fingerprint density at radius 1 is 1.25 bits per heavy atom. The lowest BCUT2D eigenvalue weighted by Gasteiger charge is -2.31. The van der Waals surface area contributed by atoms with E-state index in [9.17, 15) is 14.7 Å². The van der Waals surface area contributed by atoms with E-state index in [0.29, 0.717) is 29.1 Å². The van der Waals surface area contributed by atoms with Crippen LogP contribution in [0.2, 0.25) is 19.6 Å². The normalized spacial score (nSPS) is 19.0. The van der Waals surface area contributed by atoms with E-state index in [0.717, 1.165) is 22.0 Å². The van der Waals surface area contributed by atoms with Crippen molar-refractivity contribution in [2.24, 2.45) is 0 Å². The summed E-state index contributed by atoms with van der Waals surface area (Å²) in [7, 11) is -1.54. The number of ether oxygens (including phenoxy) is 1. The molecule has 0 fully saturated rings. The van der Waals surface area contributed by atoms with Crippen molar-refractivity contribution in [2.75, 3.05) is 0 Å². The molecule has 7 heteroatoms. The molecule has 0 aliphatic carbocycles. The monoisotopic (exact) mass is 444 g/mol. The molecule has 0 amide bonds. The Labute approximate surface area is 186 Å². The van der Waals surface area contributed by atoms with E-state index < -0.39 is 19.6 Å². The fourth-order valence-corrected chi connectivity index (χ4v) is 4.88. The van der Waals surface area contributed by atoms with Gasteiger partial charge in [-0.05, 0) is 30.7 Å². The molecule has 0 bridgehead atoms. The van der Waals surface area contributed by atoms with E-state index in [4.69, 9.17) is 9.72 Å². The third-order valence-corrected chi connectivity index (χ3v) is 7.00. The summed E-state index contributed by atoms with van der Waals surface area (Å²) in [4.78, 5) is 30.4. The lowest BCUT2D eigenvalue weighted by atomic mass is 9.86. The third-order valence-electron chi connectivity index (χ3n) is 6.12. The van der Waals surface area contributed by atoms with Crippen molar-refractivity contribution in [1.29, 1.82) is 0 Å². The molecule has 0 saturated heterocycles. The first-order chi connectivity index (χ1) is 15.1. The van der Waals surface area contributed by atoms with Crippen molar-refractivity contribution in [2.45, 2.75) is 51.7 Å². The van der Waals surface area contributed by atoms with E-state index in [-0.39, 0.29) is 18.6 Å². The van der Waals surface area contributed by atoms with Gasteiger partial charge in [-0.1, -0.05) is 38.6 Å². The lowest BCUT2D eigenvalue weighted by molar-refractivity contribution is -0.172. The Morgan fingerprint density at radius 3 is 2.75 bits per heavy atom. The van der Waals surface area contributed by atoms with Gasteiger partial charge in [-0.15, -0.1) is 5.54 Å². The number of hydrogen-bond acceptors (Lipinski definition) is 5. The van der Waals surface area contributed by atoms with E-state index in [1.54, 1.807) is 17.6 Å². The van der Waals surface area contributed by atoms with Gasteiger partial charge in [0.15, 0.2) is 5.60 Å². The van der Waals surface area contributed by atoms with Gasteiger partial charge < -0.3 is 14.4 Å². The van der Waals surface area contributed by atoms with Crippen LogP contribution in [0.25, 0.3) is 22.3 Å². The van der Waals surface area contributed by atoms with E-state index in [1.807, 2.05) is 18.2 Å². The molecule has 1 aromatic carbocycles. The first-order valence-corrected chi connectivity index (χ1v) is 14.3. The van der Waals surface area contributed by atoms with Gasteiger partial charge in [0.2, 0.25) is 0 Å². The van der Waals surface area contributed by atoms with Gasteiger partial charge in [-0.3, -0.25) is 4.79 Å². The summed E-state index contributed by atoms with van der Waals surface area (Å²) in [5, 5.41) is 11.9. The zero-order valence-electron chi connectivity index (χ0n) is 18.6. The largest absolute Gasteiger partial charge is 0.458 e. The first kappa shape index (κ1) is 20.7. The Hall–Kier alpha value is -3.21. The van der Waals surface area contributed by atoms with Gasteiger partial charge in [-0.2, -0.15) is 0 Å². The molecule has 5 rings (SSSR count). The lowest BCUT2D eigenvalue weighted by Crippen LogP contribution is -2.44. The fourth-order valence-electron chi connectivity index (χ4n) is 4.37. The Morgan fingerprint density at radius 2 is 2.03 bits per heavy atom. The van der Waals surface area contributed by atoms with Crippen molar-refractivity contribution in [3.8, 4) is 22.9 Å². The van der Waals surface area contributed by atoms with Gasteiger partial charge in [0.1, 0.15) is 14.7 Å². The van der Waals surface area contributed by atoms with Crippen molar-refractivity contribution >= 4 is 24.9 Å². The number of fused-ring (bicyclic) bond motifs is 5. The number of aromatic nitrogens is 2. The van der Waals surface area contributed by atoms with Crippen LogP contribution in [-0.2, 0) is 28.3 Å². The third kappa shape index (κ3) is 3.02. The van der Waals surface area contributed by atoms with Crippen LogP contribution in [0.15, 0.2) is 35.1 Å². The van der Waals surface area contributed by atoms with Gasteiger partial charge >= 0.3 is 5.97 Å². The first-order valence-electron chi connectivity index (χ1n) is 10.8. The zero-order chi connectivity index (χ0) is 22.8. The standard InChI is InChI=1S/C25H24N2O4Si/c1-5-25(30)19-12-21-22-16(13-27(21)23(28)18(19)14-31-24(25)29)11-17-15(9-10-32(2,3)4)7-6-8-20(17)26-22/h6-8,11-12,30H,5,13-14H2,1-4H3/t25-/m0/s1. The number of carbonyl (C=O) groups is 1. The SMILES string of the molecule is CC[C@@]1(O)C(=O)OCc2c1cc1n(c2=O)Cc2cc3c(C#C[Si](C)(C)C)cccc3nc2-1. The Bertz CT molecular complexity index is 1440. The maximum absolute atomic E-state index is 13.3. The van der Waals surface area contributed by atoms with E-state index >= 15 is 0 Å². The molecule has 2 aliphatic heterocycles. The average molecular weight is 445 g/mol. The second kappa shape index (κ2) is 6.89. The van der Waals surface area contributed by atoms with Crippen LogP contribution >= 0.6 is 0 Å². The maximum Gasteiger partial charge on any atom is 0.343 e. The quantitative estimate of drug-likeness (QED) is 0.277. The number of benzene rings is 1. The minimum atomic E-state index is -1.82. The number of carbonyl (C=O) groups excluding carboxylic acids is 1. The van der Waals surface area contributed by atoms with Crippen LogP contribution < -0.4 is 5.56 Å². The van der Waals surface area contributed by atoms with Crippen molar-refractivity contribution < 1.29 is 14.6 Å². The molecule has 0 saturated carbocycles. The summed E-state index contributed by atoms with van der Waals surface area (Å²) in [5.41, 5.74) is 5.98. The molecule has 2 aliphatic rings. The zero-order valence-corrected chi connectivity index (χ0v) is 19.6. The predicted octanol–water partition coefficient (Wildman–Crippen LogP) is 3.31. The second-order valence-electron chi connectivity index (χ2n) is 9.47. The van der Waals surface area contributed by atoms with Crippen molar-refractivity contribution in [3.05, 3.63) is 62.9 Å². The van der Waals surface area contributed by atoms with Crippen LogP contribution in [0.5, 0.6) is 0 Å². The molecule has 1 atom stereocenters. The number of esters is 1. The Kier molecular flexibility index (Phi) is 4.45. The molecule has 0 radical (unpaired) electrons. The molecular weight excluding hydrogens is 420 g/mol. The number of nitrogens with zero attached hydrogens (tertiary/aromatic N) is 2. The average Bonchev–Trinajstić information content (AvgIpc) is 3.11. The minimum Gasteiger partial charge on any atom is -0.458 e. The highest BCUT2D eigenvalue weighted by molar-refractivity contribution is 6.83. The summed E-state index contributed by atoms with van der Waals surface area (Å²) >= 11 is 0. The fraction of sp³-hybridized carbons (Fsp3) is 0.320. The number of hydrogen-bond donors (Lipinski definition) is 1. The predicted molar refractivity (Wildman–Crippen MR) is 125 cm³/mol. The number of rotatable bonds is 1. The minimum absolute atomic E-state index is 0.124. The molecule has 6 nitrogen and oxygen atoms in total. The van der Waals surface area contributed by atoms with Crippen LogP contribution in [0.1, 0.15) is 35.6 Å². The molecule has 1 N–H and O–H groups in total. The van der Waals surface area contributed by atoms with Crippen molar-refractivity contribution in [3.63, 3.8) is 0 Å². The number of cyclic esters (lactones) is 1. The second-order valence-corrected chi connectivity index (χ2v) is 14.2. The smallest absolute Gasteiger partial charge is 0.343 e. The molecular formula is C25H24N2O4Si. The molecule has 162 valence electrons. The summed E-state index contributed by atoms with van der Waals surface area (Å²) < 4.78 is 6.78. The Balaban J connectivity index is 1.72. The van der Waals surface area contributed by atoms with E-state index in [2.05, 4.69) is 37.2 Å². The van der Waals surface area contributed by atoms with Gasteiger partial charge in [-0.25, -0.2) is 9.78 Å². The molecule has 2 aromatic heterocycles. The van der Waals surface area contributed by atoms with E-state index in [1.165, 1.54) is 0 Å². The van der Waals surface area contributed by atoms with Gasteiger partial charge in [0.25, 0.3) is 5.56 Å². The topological polar surface area (TPSA) is 81.4 Å². The summed E-state index contributed by atoms with van der Waals surface area (Å²) in [5.74, 6) is 2.62. The van der Waals surface area contributed by atoms with Crippen molar-refractivity contribution in [1.82, 2.24) is 9.55 Å². The highest BCUT2D eigenvalue weighted by atomic mass is 28.3. The molecule has 0 spiro atoms. The summed E-state index contributed by atoms with van der Waals surface area (Å²) in [6.45, 7) is 8.57. The van der Waals surface area contributed by atoms with Crippen LogP contribution in [0.4, 0.5) is 0 Å². The molecule has 32 heavy (non-hydrogen) atoms. The highest BCUT2D eigenvalue weighted by Crippen LogP contribution is 2.38. The van der Waals surface area contributed by atoms with Crippen LogP contribution in [-0.4, -0.2) is 28.7 Å².